The van der Waals surface area contributed by atoms with Gasteiger partial charge >= 0.3 is 5.97 Å². The highest BCUT2D eigenvalue weighted by atomic mass is 32.2. The zero-order valence-corrected chi connectivity index (χ0v) is 19.6. The molecule has 0 bridgehead atoms. The SMILES string of the molecule is CCOC(=O)c1c(NC(=O)[C@H](C)Sc2nc3ccccc3s2)sc2c1CC[C@H](C)C2. The number of hydrogen-bond donors (Lipinski definition) is 1. The number of carbonyl (C=O) groups is 2. The summed E-state index contributed by atoms with van der Waals surface area (Å²) in [6.45, 7) is 6.21. The maximum Gasteiger partial charge on any atom is 0.341 e. The first-order chi connectivity index (χ1) is 14.5. The van der Waals surface area contributed by atoms with E-state index in [0.29, 0.717) is 23.1 Å². The second-order valence-electron chi connectivity index (χ2n) is 7.47. The Bertz CT molecular complexity index is 1060. The van der Waals surface area contributed by atoms with Gasteiger partial charge in [-0.15, -0.1) is 22.7 Å². The van der Waals surface area contributed by atoms with Gasteiger partial charge in [0, 0.05) is 4.88 Å². The fraction of sp³-hybridized carbons (Fsp3) is 0.409. The van der Waals surface area contributed by atoms with Crippen LogP contribution in [0.4, 0.5) is 5.00 Å². The molecule has 0 fully saturated rings. The molecule has 5 nitrogen and oxygen atoms in total. The minimum atomic E-state index is -0.341. The number of nitrogens with one attached hydrogen (secondary N) is 1. The van der Waals surface area contributed by atoms with Gasteiger partial charge in [0.1, 0.15) is 5.00 Å². The highest BCUT2D eigenvalue weighted by Crippen LogP contribution is 2.40. The molecule has 1 aliphatic carbocycles. The van der Waals surface area contributed by atoms with Gasteiger partial charge in [0.05, 0.1) is 27.6 Å². The standard InChI is InChI=1S/C22H24N2O3S3/c1-4-27-21(26)18-14-10-9-12(2)11-17(14)29-20(18)24-19(25)13(3)28-22-23-15-7-5-6-8-16(15)30-22/h5-8,12-13H,4,9-11H2,1-3H3,(H,24,25)/t12-,13-/m0/s1. The monoisotopic (exact) mass is 460 g/mol. The summed E-state index contributed by atoms with van der Waals surface area (Å²) < 4.78 is 7.27. The molecule has 1 amide bonds. The summed E-state index contributed by atoms with van der Waals surface area (Å²) in [6.07, 6.45) is 2.85. The second-order valence-corrected chi connectivity index (χ2v) is 11.2. The number of nitrogens with zero attached hydrogens (tertiary/aromatic N) is 1. The van der Waals surface area contributed by atoms with Crippen LogP contribution in [-0.4, -0.2) is 28.7 Å². The number of thiazole rings is 1. The van der Waals surface area contributed by atoms with Gasteiger partial charge in [0.25, 0.3) is 0 Å². The Morgan fingerprint density at radius 2 is 2.13 bits per heavy atom. The number of thioether (sulfide) groups is 1. The van der Waals surface area contributed by atoms with Crippen LogP contribution in [0, 0.1) is 5.92 Å². The number of esters is 1. The molecule has 158 valence electrons. The van der Waals surface area contributed by atoms with E-state index in [9.17, 15) is 9.59 Å². The highest BCUT2D eigenvalue weighted by Gasteiger charge is 2.30. The summed E-state index contributed by atoms with van der Waals surface area (Å²) in [5.74, 6) is 0.117. The number of carbonyl (C=O) groups excluding carboxylic acids is 2. The molecule has 8 heteroatoms. The Hall–Kier alpha value is -1.90. The zero-order valence-electron chi connectivity index (χ0n) is 17.2. The van der Waals surface area contributed by atoms with E-state index < -0.39 is 0 Å². The van der Waals surface area contributed by atoms with Gasteiger partial charge in [0.15, 0.2) is 4.34 Å². The van der Waals surface area contributed by atoms with Gasteiger partial charge in [-0.1, -0.05) is 30.8 Å². The van der Waals surface area contributed by atoms with Crippen LogP contribution in [0.15, 0.2) is 28.6 Å². The van der Waals surface area contributed by atoms with E-state index in [0.717, 1.165) is 39.4 Å². The van der Waals surface area contributed by atoms with Crippen LogP contribution in [0.2, 0.25) is 0 Å². The lowest BCUT2D eigenvalue weighted by Crippen LogP contribution is -2.23. The molecule has 2 atom stereocenters. The third kappa shape index (κ3) is 4.40. The second kappa shape index (κ2) is 9.08. The van der Waals surface area contributed by atoms with E-state index in [-0.39, 0.29) is 17.1 Å². The third-order valence-electron chi connectivity index (χ3n) is 5.15. The van der Waals surface area contributed by atoms with Crippen LogP contribution >= 0.6 is 34.4 Å². The van der Waals surface area contributed by atoms with Crippen LogP contribution in [-0.2, 0) is 22.4 Å². The number of ether oxygens (including phenoxy) is 1. The quantitative estimate of drug-likeness (QED) is 0.373. The van der Waals surface area contributed by atoms with Crippen LogP contribution in [0.1, 0.15) is 48.0 Å². The highest BCUT2D eigenvalue weighted by molar-refractivity contribution is 8.02. The van der Waals surface area contributed by atoms with Crippen LogP contribution < -0.4 is 5.32 Å². The van der Waals surface area contributed by atoms with Crippen molar-refractivity contribution in [2.75, 3.05) is 11.9 Å². The lowest BCUT2D eigenvalue weighted by molar-refractivity contribution is -0.115. The lowest BCUT2D eigenvalue weighted by atomic mass is 9.88. The van der Waals surface area contributed by atoms with E-state index in [1.54, 1.807) is 18.3 Å². The van der Waals surface area contributed by atoms with Gasteiger partial charge in [-0.2, -0.15) is 0 Å². The lowest BCUT2D eigenvalue weighted by Gasteiger charge is -2.18. The number of anilines is 1. The minimum absolute atomic E-state index is 0.128. The molecule has 30 heavy (non-hydrogen) atoms. The van der Waals surface area contributed by atoms with Crippen molar-refractivity contribution in [1.82, 2.24) is 4.98 Å². The topological polar surface area (TPSA) is 68.3 Å². The number of benzene rings is 1. The van der Waals surface area contributed by atoms with Crippen molar-refractivity contribution in [2.45, 2.75) is 49.6 Å². The van der Waals surface area contributed by atoms with E-state index >= 15 is 0 Å². The number of amides is 1. The normalized spacial score (nSPS) is 16.8. The third-order valence-corrected chi connectivity index (χ3v) is 8.55. The van der Waals surface area contributed by atoms with E-state index in [2.05, 4.69) is 17.2 Å². The molecule has 0 saturated carbocycles. The van der Waals surface area contributed by atoms with Crippen LogP contribution in [0.25, 0.3) is 10.2 Å². The number of rotatable bonds is 6. The molecule has 1 aromatic carbocycles. The molecule has 4 rings (SSSR count). The van der Waals surface area contributed by atoms with E-state index in [4.69, 9.17) is 4.74 Å². The van der Waals surface area contributed by atoms with Crippen molar-refractivity contribution in [3.05, 3.63) is 40.3 Å². The molecule has 0 unspecified atom stereocenters. The van der Waals surface area contributed by atoms with E-state index in [1.807, 2.05) is 31.2 Å². The van der Waals surface area contributed by atoms with Crippen molar-refractivity contribution in [3.63, 3.8) is 0 Å². The Kier molecular flexibility index (Phi) is 6.46. The Morgan fingerprint density at radius 3 is 2.90 bits per heavy atom. The van der Waals surface area contributed by atoms with Crippen molar-refractivity contribution in [2.24, 2.45) is 5.92 Å². The number of para-hydroxylation sites is 1. The number of thiophene rings is 1. The Balaban J connectivity index is 1.53. The van der Waals surface area contributed by atoms with Crippen molar-refractivity contribution in [3.8, 4) is 0 Å². The molecular weight excluding hydrogens is 436 g/mol. The van der Waals surface area contributed by atoms with Crippen LogP contribution in [0.3, 0.4) is 0 Å². The molecule has 1 aliphatic rings. The predicted octanol–water partition coefficient (Wildman–Crippen LogP) is 5.78. The summed E-state index contributed by atoms with van der Waals surface area (Å²) in [4.78, 5) is 31.4. The van der Waals surface area contributed by atoms with Crippen molar-refractivity contribution in [1.29, 1.82) is 0 Å². The Morgan fingerprint density at radius 1 is 1.33 bits per heavy atom. The predicted molar refractivity (Wildman–Crippen MR) is 125 cm³/mol. The van der Waals surface area contributed by atoms with Gasteiger partial charge in [-0.05, 0) is 56.7 Å². The summed E-state index contributed by atoms with van der Waals surface area (Å²) in [7, 11) is 0. The largest absolute Gasteiger partial charge is 0.462 e. The number of hydrogen-bond acceptors (Lipinski definition) is 7. The minimum Gasteiger partial charge on any atom is -0.462 e. The molecule has 0 aliphatic heterocycles. The van der Waals surface area contributed by atoms with Gasteiger partial charge < -0.3 is 10.1 Å². The van der Waals surface area contributed by atoms with Crippen molar-refractivity contribution >= 4 is 61.5 Å². The smallest absolute Gasteiger partial charge is 0.341 e. The number of aromatic nitrogens is 1. The van der Waals surface area contributed by atoms with E-state index in [1.165, 1.54) is 28.0 Å². The first kappa shape index (κ1) is 21.3. The summed E-state index contributed by atoms with van der Waals surface area (Å²) in [6, 6.07) is 7.96. The average Bonchev–Trinajstić information content (AvgIpc) is 3.27. The number of fused-ring (bicyclic) bond motifs is 2. The molecule has 2 heterocycles. The van der Waals surface area contributed by atoms with Gasteiger partial charge in [-0.3, -0.25) is 4.79 Å². The molecule has 0 radical (unpaired) electrons. The molecule has 0 saturated heterocycles. The molecule has 3 aromatic rings. The van der Waals surface area contributed by atoms with Gasteiger partial charge in [0.2, 0.25) is 5.91 Å². The Labute approximate surface area is 188 Å². The molecule has 0 spiro atoms. The van der Waals surface area contributed by atoms with Crippen LogP contribution in [0.5, 0.6) is 0 Å². The van der Waals surface area contributed by atoms with Crippen molar-refractivity contribution < 1.29 is 14.3 Å². The molecule has 2 aromatic heterocycles. The first-order valence-corrected chi connectivity index (χ1v) is 12.6. The summed E-state index contributed by atoms with van der Waals surface area (Å²) in [5, 5.41) is 3.30. The summed E-state index contributed by atoms with van der Waals surface area (Å²) in [5.41, 5.74) is 2.55. The molecular formula is C22H24N2O3S3. The fourth-order valence-electron chi connectivity index (χ4n) is 3.58. The average molecular weight is 461 g/mol. The first-order valence-electron chi connectivity index (χ1n) is 10.1. The van der Waals surface area contributed by atoms with Gasteiger partial charge in [-0.25, -0.2) is 9.78 Å². The fourth-order valence-corrected chi connectivity index (χ4v) is 7.19. The zero-order chi connectivity index (χ0) is 21.3. The maximum absolute atomic E-state index is 12.9. The molecule has 1 N–H and O–H groups in total. The summed E-state index contributed by atoms with van der Waals surface area (Å²) >= 11 is 4.55. The maximum atomic E-state index is 12.9.